The van der Waals surface area contributed by atoms with E-state index in [1.807, 2.05) is 25.1 Å². The minimum absolute atomic E-state index is 0.0885. The predicted octanol–water partition coefficient (Wildman–Crippen LogP) is 2.76. The van der Waals surface area contributed by atoms with Gasteiger partial charge >= 0.3 is 0 Å². The molecule has 0 amide bonds. The first kappa shape index (κ1) is 12.1. The van der Waals surface area contributed by atoms with Crippen molar-refractivity contribution in [3.8, 4) is 5.75 Å². The van der Waals surface area contributed by atoms with Gasteiger partial charge in [-0.3, -0.25) is 4.79 Å². The molecule has 0 N–H and O–H groups in total. The fraction of sp³-hybridized carbons (Fsp3) is 0.500. The van der Waals surface area contributed by atoms with Crippen LogP contribution in [0.15, 0.2) is 18.2 Å². The first-order valence-corrected chi connectivity index (χ1v) is 6.03. The van der Waals surface area contributed by atoms with Gasteiger partial charge < -0.3 is 9.47 Å². The normalized spacial score (nSPS) is 17.9. The summed E-state index contributed by atoms with van der Waals surface area (Å²) in [6.45, 7) is 5.16. The number of rotatable bonds is 6. The summed E-state index contributed by atoms with van der Waals surface area (Å²) >= 11 is 0. The van der Waals surface area contributed by atoms with Crippen molar-refractivity contribution in [2.75, 3.05) is 13.2 Å². The van der Waals surface area contributed by atoms with Crippen molar-refractivity contribution in [3.63, 3.8) is 0 Å². The van der Waals surface area contributed by atoms with Crippen molar-refractivity contribution in [1.82, 2.24) is 0 Å². The van der Waals surface area contributed by atoms with Crippen molar-refractivity contribution < 1.29 is 14.3 Å². The third-order valence-corrected chi connectivity index (χ3v) is 2.91. The Kier molecular flexibility index (Phi) is 3.79. The monoisotopic (exact) mass is 234 g/mol. The molecule has 1 saturated heterocycles. The first-order valence-electron chi connectivity index (χ1n) is 6.03. The lowest BCUT2D eigenvalue weighted by molar-refractivity contribution is 0.101. The van der Waals surface area contributed by atoms with Gasteiger partial charge in [-0.05, 0) is 50.5 Å². The summed E-state index contributed by atoms with van der Waals surface area (Å²) in [5, 5.41) is 0. The van der Waals surface area contributed by atoms with E-state index in [0.29, 0.717) is 12.7 Å². The SMILES string of the molecule is CC(=O)c1ccc(OCCCC2CO2)c(C)c1. The number of carbonyl (C=O) groups is 1. The van der Waals surface area contributed by atoms with Gasteiger partial charge in [0.2, 0.25) is 0 Å². The van der Waals surface area contributed by atoms with Crippen LogP contribution in [0, 0.1) is 6.92 Å². The second kappa shape index (κ2) is 5.32. The summed E-state index contributed by atoms with van der Waals surface area (Å²) in [6.07, 6.45) is 2.56. The number of Topliss-reactive ketones (excluding diaryl/α,β-unsaturated/α-hetero) is 1. The Hall–Kier alpha value is -1.35. The number of benzene rings is 1. The Morgan fingerprint density at radius 3 is 2.88 bits per heavy atom. The van der Waals surface area contributed by atoms with Gasteiger partial charge in [0.15, 0.2) is 5.78 Å². The molecule has 1 fully saturated rings. The van der Waals surface area contributed by atoms with E-state index in [9.17, 15) is 4.79 Å². The van der Waals surface area contributed by atoms with Crippen LogP contribution in [0.2, 0.25) is 0 Å². The van der Waals surface area contributed by atoms with Crippen LogP contribution in [0.3, 0.4) is 0 Å². The van der Waals surface area contributed by atoms with Crippen molar-refractivity contribution in [1.29, 1.82) is 0 Å². The van der Waals surface area contributed by atoms with Gasteiger partial charge in [0.1, 0.15) is 5.75 Å². The molecule has 1 unspecified atom stereocenters. The largest absolute Gasteiger partial charge is 0.493 e. The Morgan fingerprint density at radius 1 is 1.53 bits per heavy atom. The zero-order chi connectivity index (χ0) is 12.3. The van der Waals surface area contributed by atoms with Crippen LogP contribution >= 0.6 is 0 Å². The van der Waals surface area contributed by atoms with Gasteiger partial charge in [-0.15, -0.1) is 0 Å². The fourth-order valence-corrected chi connectivity index (χ4v) is 1.76. The zero-order valence-corrected chi connectivity index (χ0v) is 10.4. The number of hydrogen-bond acceptors (Lipinski definition) is 3. The second-order valence-corrected chi connectivity index (χ2v) is 4.48. The number of aryl methyl sites for hydroxylation is 1. The highest BCUT2D eigenvalue weighted by Gasteiger charge is 2.21. The second-order valence-electron chi connectivity index (χ2n) is 4.48. The number of hydrogen-bond donors (Lipinski definition) is 0. The molecule has 0 radical (unpaired) electrons. The molecule has 2 rings (SSSR count). The Bertz CT molecular complexity index is 408. The molecule has 1 aliphatic rings. The maximum Gasteiger partial charge on any atom is 0.159 e. The summed E-state index contributed by atoms with van der Waals surface area (Å²) in [6, 6.07) is 5.57. The predicted molar refractivity (Wildman–Crippen MR) is 65.7 cm³/mol. The van der Waals surface area contributed by atoms with E-state index in [4.69, 9.17) is 9.47 Å². The van der Waals surface area contributed by atoms with Crippen molar-refractivity contribution in [2.24, 2.45) is 0 Å². The van der Waals surface area contributed by atoms with Gasteiger partial charge in [0.25, 0.3) is 0 Å². The molecule has 0 aliphatic carbocycles. The van der Waals surface area contributed by atoms with Crippen LogP contribution in [0.1, 0.15) is 35.7 Å². The number of ether oxygens (including phenoxy) is 2. The zero-order valence-electron chi connectivity index (χ0n) is 10.4. The summed E-state index contributed by atoms with van der Waals surface area (Å²) in [4.78, 5) is 11.2. The third-order valence-electron chi connectivity index (χ3n) is 2.91. The molecule has 1 atom stereocenters. The lowest BCUT2D eigenvalue weighted by Gasteiger charge is -2.09. The molecule has 3 heteroatoms. The molecule has 1 aromatic rings. The van der Waals surface area contributed by atoms with Crippen LogP contribution in [0.4, 0.5) is 0 Å². The van der Waals surface area contributed by atoms with E-state index in [1.165, 1.54) is 0 Å². The smallest absolute Gasteiger partial charge is 0.159 e. The number of epoxide rings is 1. The van der Waals surface area contributed by atoms with Crippen molar-refractivity contribution in [2.45, 2.75) is 32.8 Å². The molecule has 3 nitrogen and oxygen atoms in total. The maximum atomic E-state index is 11.2. The van der Waals surface area contributed by atoms with E-state index in [0.717, 1.165) is 36.3 Å². The summed E-state index contributed by atoms with van der Waals surface area (Å²) in [5.41, 5.74) is 1.75. The molecule has 0 bridgehead atoms. The highest BCUT2D eigenvalue weighted by molar-refractivity contribution is 5.94. The Balaban J connectivity index is 1.84. The average Bonchev–Trinajstić information content (AvgIpc) is 3.09. The molecule has 1 aromatic carbocycles. The summed E-state index contributed by atoms with van der Waals surface area (Å²) in [7, 11) is 0. The van der Waals surface area contributed by atoms with Crippen LogP contribution in [0.25, 0.3) is 0 Å². The number of carbonyl (C=O) groups excluding carboxylic acids is 1. The molecule has 0 aromatic heterocycles. The fourth-order valence-electron chi connectivity index (χ4n) is 1.76. The van der Waals surface area contributed by atoms with Gasteiger partial charge in [-0.25, -0.2) is 0 Å². The van der Waals surface area contributed by atoms with E-state index >= 15 is 0 Å². The minimum Gasteiger partial charge on any atom is -0.493 e. The van der Waals surface area contributed by atoms with Gasteiger partial charge in [0.05, 0.1) is 19.3 Å². The Morgan fingerprint density at radius 2 is 2.29 bits per heavy atom. The van der Waals surface area contributed by atoms with E-state index in [1.54, 1.807) is 6.92 Å². The van der Waals surface area contributed by atoms with Crippen LogP contribution in [-0.4, -0.2) is 25.1 Å². The molecule has 0 saturated carbocycles. The minimum atomic E-state index is 0.0885. The van der Waals surface area contributed by atoms with E-state index < -0.39 is 0 Å². The topological polar surface area (TPSA) is 38.8 Å². The quantitative estimate of drug-likeness (QED) is 0.431. The van der Waals surface area contributed by atoms with E-state index in [-0.39, 0.29) is 5.78 Å². The Labute approximate surface area is 102 Å². The highest BCUT2D eigenvalue weighted by atomic mass is 16.6. The molecule has 1 aliphatic heterocycles. The molecule has 17 heavy (non-hydrogen) atoms. The van der Waals surface area contributed by atoms with Gasteiger partial charge in [0, 0.05) is 5.56 Å². The van der Waals surface area contributed by atoms with Crippen molar-refractivity contribution >= 4 is 5.78 Å². The summed E-state index contributed by atoms with van der Waals surface area (Å²) < 4.78 is 10.8. The van der Waals surface area contributed by atoms with E-state index in [2.05, 4.69) is 0 Å². The molecule has 1 heterocycles. The lowest BCUT2D eigenvalue weighted by atomic mass is 10.1. The summed E-state index contributed by atoms with van der Waals surface area (Å²) in [5.74, 6) is 0.956. The molecular formula is C14H18O3. The van der Waals surface area contributed by atoms with Gasteiger partial charge in [-0.2, -0.15) is 0 Å². The average molecular weight is 234 g/mol. The van der Waals surface area contributed by atoms with Gasteiger partial charge in [-0.1, -0.05) is 0 Å². The lowest BCUT2D eigenvalue weighted by Crippen LogP contribution is -2.01. The standard InChI is InChI=1S/C14H18O3/c1-10-8-12(11(2)15)5-6-14(10)16-7-3-4-13-9-17-13/h5-6,8,13H,3-4,7,9H2,1-2H3. The van der Waals surface area contributed by atoms with Crippen LogP contribution in [-0.2, 0) is 4.74 Å². The molecular weight excluding hydrogens is 216 g/mol. The molecule has 0 spiro atoms. The van der Waals surface area contributed by atoms with Crippen molar-refractivity contribution in [3.05, 3.63) is 29.3 Å². The third kappa shape index (κ3) is 3.56. The highest BCUT2D eigenvalue weighted by Crippen LogP contribution is 2.21. The van der Waals surface area contributed by atoms with Crippen LogP contribution in [0.5, 0.6) is 5.75 Å². The first-order chi connectivity index (χ1) is 8.16. The number of ketones is 1. The molecule has 92 valence electrons. The maximum absolute atomic E-state index is 11.2. The van der Waals surface area contributed by atoms with Crippen LogP contribution < -0.4 is 4.74 Å².